The summed E-state index contributed by atoms with van der Waals surface area (Å²) in [5.74, 6) is 0.123. The summed E-state index contributed by atoms with van der Waals surface area (Å²) in [6.45, 7) is 7.59. The fourth-order valence-corrected chi connectivity index (χ4v) is 4.02. The summed E-state index contributed by atoms with van der Waals surface area (Å²) in [7, 11) is 0. The summed E-state index contributed by atoms with van der Waals surface area (Å²) >= 11 is 0. The van der Waals surface area contributed by atoms with Crippen LogP contribution in [0.3, 0.4) is 0 Å². The van der Waals surface area contributed by atoms with Gasteiger partial charge in [-0.05, 0) is 81.6 Å². The first-order valence-electron chi connectivity index (χ1n) is 10.6. The van der Waals surface area contributed by atoms with Crippen LogP contribution in [0.1, 0.15) is 66.8 Å². The predicted molar refractivity (Wildman–Crippen MR) is 114 cm³/mol. The average molecular weight is 380 g/mol. The van der Waals surface area contributed by atoms with Crippen molar-refractivity contribution in [1.29, 1.82) is 0 Å². The molecule has 4 heteroatoms. The van der Waals surface area contributed by atoms with Crippen molar-refractivity contribution < 1.29 is 4.79 Å². The SMILES string of the molecule is Cc1ccc(C)c(C(NC(=O)CCCN2CCCCCC2)c2ccncc2)c1. The molecule has 1 aliphatic rings. The van der Waals surface area contributed by atoms with E-state index in [1.165, 1.54) is 49.9 Å². The Bertz CT molecular complexity index is 752. The van der Waals surface area contributed by atoms with Crippen molar-refractivity contribution in [2.75, 3.05) is 19.6 Å². The number of benzene rings is 1. The van der Waals surface area contributed by atoms with Gasteiger partial charge in [0.25, 0.3) is 0 Å². The molecule has 0 saturated carbocycles. The third-order valence-electron chi connectivity index (χ3n) is 5.67. The molecule has 1 aromatic heterocycles. The van der Waals surface area contributed by atoms with E-state index in [1.807, 2.05) is 12.1 Å². The number of nitrogens with one attached hydrogen (secondary N) is 1. The highest BCUT2D eigenvalue weighted by atomic mass is 16.1. The van der Waals surface area contributed by atoms with Gasteiger partial charge in [-0.1, -0.05) is 36.6 Å². The van der Waals surface area contributed by atoms with Crippen LogP contribution in [0, 0.1) is 13.8 Å². The fraction of sp³-hybridized carbons (Fsp3) is 0.500. The number of nitrogens with zero attached hydrogens (tertiary/aromatic N) is 2. The Morgan fingerprint density at radius 2 is 1.79 bits per heavy atom. The molecular formula is C24H33N3O. The normalized spacial score (nSPS) is 16.4. The van der Waals surface area contributed by atoms with E-state index in [-0.39, 0.29) is 11.9 Å². The highest BCUT2D eigenvalue weighted by Gasteiger charge is 2.19. The summed E-state index contributed by atoms with van der Waals surface area (Å²) in [6, 6.07) is 10.3. The minimum Gasteiger partial charge on any atom is -0.345 e. The predicted octanol–water partition coefficient (Wildman–Crippen LogP) is 4.56. The molecule has 1 N–H and O–H groups in total. The molecule has 2 heterocycles. The molecule has 28 heavy (non-hydrogen) atoms. The number of carbonyl (C=O) groups excluding carboxylic acids is 1. The maximum Gasteiger partial charge on any atom is 0.220 e. The summed E-state index contributed by atoms with van der Waals surface area (Å²) in [6.07, 6.45) is 10.4. The topological polar surface area (TPSA) is 45.2 Å². The molecule has 0 aliphatic carbocycles. The van der Waals surface area contributed by atoms with Crippen molar-refractivity contribution in [3.8, 4) is 0 Å². The first-order chi connectivity index (χ1) is 13.6. The van der Waals surface area contributed by atoms with E-state index in [0.29, 0.717) is 6.42 Å². The Labute approximate surface area is 169 Å². The zero-order chi connectivity index (χ0) is 19.8. The molecule has 1 atom stereocenters. The van der Waals surface area contributed by atoms with Gasteiger partial charge in [-0.25, -0.2) is 0 Å². The second-order valence-electron chi connectivity index (χ2n) is 8.00. The highest BCUT2D eigenvalue weighted by molar-refractivity contribution is 5.77. The molecule has 1 saturated heterocycles. The Hall–Kier alpha value is -2.20. The molecule has 0 bridgehead atoms. The van der Waals surface area contributed by atoms with Gasteiger partial charge in [0.05, 0.1) is 6.04 Å². The van der Waals surface area contributed by atoms with E-state index in [0.717, 1.165) is 24.1 Å². The van der Waals surface area contributed by atoms with Crippen LogP contribution in [0.4, 0.5) is 0 Å². The second kappa shape index (κ2) is 10.4. The van der Waals surface area contributed by atoms with E-state index in [2.05, 4.69) is 47.2 Å². The summed E-state index contributed by atoms with van der Waals surface area (Å²) in [4.78, 5) is 19.4. The molecule has 4 nitrogen and oxygen atoms in total. The first-order valence-corrected chi connectivity index (χ1v) is 10.6. The Morgan fingerprint density at radius 1 is 1.07 bits per heavy atom. The summed E-state index contributed by atoms with van der Waals surface area (Å²) in [5.41, 5.74) is 4.63. The van der Waals surface area contributed by atoms with Crippen LogP contribution in [0.25, 0.3) is 0 Å². The van der Waals surface area contributed by atoms with E-state index in [9.17, 15) is 4.79 Å². The molecular weight excluding hydrogens is 346 g/mol. The van der Waals surface area contributed by atoms with E-state index >= 15 is 0 Å². The van der Waals surface area contributed by atoms with Crippen LogP contribution in [-0.2, 0) is 4.79 Å². The molecule has 150 valence electrons. The van der Waals surface area contributed by atoms with Crippen LogP contribution in [0.2, 0.25) is 0 Å². The lowest BCUT2D eigenvalue weighted by atomic mass is 9.94. The van der Waals surface area contributed by atoms with E-state index < -0.39 is 0 Å². The lowest BCUT2D eigenvalue weighted by molar-refractivity contribution is -0.121. The number of amides is 1. The van der Waals surface area contributed by atoms with Gasteiger partial charge in [-0.3, -0.25) is 9.78 Å². The summed E-state index contributed by atoms with van der Waals surface area (Å²) < 4.78 is 0. The fourth-order valence-electron chi connectivity index (χ4n) is 4.02. The standard InChI is InChI=1S/C24H33N3O/c1-19-9-10-20(2)22(18-19)24(21-11-13-25-14-12-21)26-23(28)8-7-17-27-15-5-3-4-6-16-27/h9-14,18,24H,3-8,15-17H2,1-2H3,(H,26,28). The number of hydrogen-bond acceptors (Lipinski definition) is 3. The number of likely N-dealkylation sites (tertiary alicyclic amines) is 1. The van der Waals surface area contributed by atoms with Crippen molar-refractivity contribution in [1.82, 2.24) is 15.2 Å². The van der Waals surface area contributed by atoms with Crippen LogP contribution >= 0.6 is 0 Å². The molecule has 0 spiro atoms. The van der Waals surface area contributed by atoms with Crippen molar-refractivity contribution in [3.05, 3.63) is 65.0 Å². The van der Waals surface area contributed by atoms with Gasteiger partial charge in [-0.15, -0.1) is 0 Å². The molecule has 0 radical (unpaired) electrons. The number of aryl methyl sites for hydroxylation is 2. The Balaban J connectivity index is 1.64. The number of carbonyl (C=O) groups is 1. The van der Waals surface area contributed by atoms with Crippen molar-refractivity contribution in [3.63, 3.8) is 0 Å². The van der Waals surface area contributed by atoms with Gasteiger partial charge in [-0.2, -0.15) is 0 Å². The third-order valence-corrected chi connectivity index (χ3v) is 5.67. The Morgan fingerprint density at radius 3 is 2.50 bits per heavy atom. The van der Waals surface area contributed by atoms with Crippen molar-refractivity contribution >= 4 is 5.91 Å². The quantitative estimate of drug-likeness (QED) is 0.767. The van der Waals surface area contributed by atoms with Crippen LogP contribution in [-0.4, -0.2) is 35.4 Å². The third kappa shape index (κ3) is 5.90. The van der Waals surface area contributed by atoms with Gasteiger partial charge in [0.15, 0.2) is 0 Å². The number of rotatable bonds is 7. The maximum absolute atomic E-state index is 12.8. The van der Waals surface area contributed by atoms with E-state index in [1.54, 1.807) is 12.4 Å². The number of hydrogen-bond donors (Lipinski definition) is 1. The number of pyridine rings is 1. The molecule has 1 aliphatic heterocycles. The van der Waals surface area contributed by atoms with Gasteiger partial charge >= 0.3 is 0 Å². The highest BCUT2D eigenvalue weighted by Crippen LogP contribution is 2.26. The molecule has 3 rings (SSSR count). The smallest absolute Gasteiger partial charge is 0.220 e. The molecule has 1 amide bonds. The maximum atomic E-state index is 12.8. The van der Waals surface area contributed by atoms with Gasteiger partial charge in [0.1, 0.15) is 0 Å². The van der Waals surface area contributed by atoms with Crippen molar-refractivity contribution in [2.24, 2.45) is 0 Å². The van der Waals surface area contributed by atoms with Gasteiger partial charge in [0.2, 0.25) is 5.91 Å². The zero-order valence-corrected chi connectivity index (χ0v) is 17.3. The largest absolute Gasteiger partial charge is 0.345 e. The number of aromatic nitrogens is 1. The lowest BCUT2D eigenvalue weighted by Crippen LogP contribution is -2.31. The van der Waals surface area contributed by atoms with Gasteiger partial charge < -0.3 is 10.2 Å². The summed E-state index contributed by atoms with van der Waals surface area (Å²) in [5, 5.41) is 3.28. The second-order valence-corrected chi connectivity index (χ2v) is 8.00. The monoisotopic (exact) mass is 379 g/mol. The van der Waals surface area contributed by atoms with Gasteiger partial charge in [0, 0.05) is 18.8 Å². The van der Waals surface area contributed by atoms with Crippen molar-refractivity contribution in [2.45, 2.75) is 58.4 Å². The molecule has 1 fully saturated rings. The first kappa shape index (κ1) is 20.5. The molecule has 1 unspecified atom stereocenters. The van der Waals surface area contributed by atoms with Crippen LogP contribution in [0.15, 0.2) is 42.7 Å². The lowest BCUT2D eigenvalue weighted by Gasteiger charge is -2.23. The molecule has 2 aromatic rings. The zero-order valence-electron chi connectivity index (χ0n) is 17.3. The van der Waals surface area contributed by atoms with Crippen LogP contribution < -0.4 is 5.32 Å². The minimum absolute atomic E-state index is 0.123. The molecule has 1 aromatic carbocycles. The minimum atomic E-state index is -0.131. The van der Waals surface area contributed by atoms with E-state index in [4.69, 9.17) is 0 Å². The average Bonchev–Trinajstić information content (AvgIpc) is 2.98. The Kier molecular flexibility index (Phi) is 7.61. The van der Waals surface area contributed by atoms with Crippen LogP contribution in [0.5, 0.6) is 0 Å².